The van der Waals surface area contributed by atoms with E-state index in [9.17, 15) is 4.79 Å². The maximum Gasteiger partial charge on any atom is 0.407 e. The van der Waals surface area contributed by atoms with Gasteiger partial charge >= 0.3 is 6.09 Å². The van der Waals surface area contributed by atoms with E-state index in [2.05, 4.69) is 15.6 Å². The lowest BCUT2D eigenvalue weighted by Gasteiger charge is -2.19. The van der Waals surface area contributed by atoms with Crippen molar-refractivity contribution in [1.82, 2.24) is 15.6 Å². The Morgan fingerprint density at radius 3 is 2.84 bits per heavy atom. The molecule has 1 heterocycles. The van der Waals surface area contributed by atoms with Crippen LogP contribution in [0.3, 0.4) is 0 Å². The summed E-state index contributed by atoms with van der Waals surface area (Å²) < 4.78 is 5.22. The molecule has 0 radical (unpaired) electrons. The van der Waals surface area contributed by atoms with Gasteiger partial charge in [0.05, 0.1) is 11.2 Å². The Labute approximate surface area is 117 Å². The number of aromatic nitrogens is 1. The smallest absolute Gasteiger partial charge is 0.407 e. The van der Waals surface area contributed by atoms with E-state index in [0.29, 0.717) is 6.04 Å². The van der Waals surface area contributed by atoms with E-state index in [-0.39, 0.29) is 12.1 Å². The van der Waals surface area contributed by atoms with Gasteiger partial charge in [-0.1, -0.05) is 0 Å². The van der Waals surface area contributed by atoms with Gasteiger partial charge in [-0.15, -0.1) is 11.3 Å². The molecule has 1 aliphatic rings. The Bertz CT molecular complexity index is 453. The predicted octanol–water partition coefficient (Wildman–Crippen LogP) is 2.21. The van der Waals surface area contributed by atoms with Gasteiger partial charge in [0.1, 0.15) is 5.60 Å². The Balaban J connectivity index is 1.68. The molecule has 0 spiro atoms. The van der Waals surface area contributed by atoms with Crippen molar-refractivity contribution in [3.63, 3.8) is 0 Å². The molecule has 2 N–H and O–H groups in total. The van der Waals surface area contributed by atoms with Crippen molar-refractivity contribution < 1.29 is 9.53 Å². The number of alkyl carbamates (subject to hydrolysis) is 1. The third-order valence-electron chi connectivity index (χ3n) is 2.86. The Hall–Kier alpha value is -1.14. The number of nitrogens with one attached hydrogen (secondary N) is 2. The summed E-state index contributed by atoms with van der Waals surface area (Å²) >= 11 is 1.66. The van der Waals surface area contributed by atoms with Crippen LogP contribution in [0.2, 0.25) is 0 Å². The maximum atomic E-state index is 11.6. The second-order valence-corrected chi connectivity index (χ2v) is 6.78. The van der Waals surface area contributed by atoms with Crippen LogP contribution >= 0.6 is 11.3 Å². The highest BCUT2D eigenvalue weighted by atomic mass is 32.1. The molecule has 1 aromatic heterocycles. The Kier molecular flexibility index (Phi) is 4.10. The summed E-state index contributed by atoms with van der Waals surface area (Å²) in [5.74, 6) is 0. The van der Waals surface area contributed by atoms with Crippen LogP contribution in [0.1, 0.15) is 37.8 Å². The predicted molar refractivity (Wildman–Crippen MR) is 75.3 cm³/mol. The minimum absolute atomic E-state index is 0.183. The van der Waals surface area contributed by atoms with Crippen LogP contribution in [0.4, 0.5) is 4.79 Å². The van der Waals surface area contributed by atoms with Crippen molar-refractivity contribution in [3.8, 4) is 0 Å². The quantitative estimate of drug-likeness (QED) is 0.889. The van der Waals surface area contributed by atoms with Crippen LogP contribution in [-0.2, 0) is 11.3 Å². The van der Waals surface area contributed by atoms with E-state index in [1.165, 1.54) is 4.88 Å². The fourth-order valence-electron chi connectivity index (χ4n) is 1.76. The fraction of sp³-hybridized carbons (Fsp3) is 0.692. The average molecular weight is 283 g/mol. The number of ether oxygens (including phenoxy) is 1. The van der Waals surface area contributed by atoms with Crippen molar-refractivity contribution in [1.29, 1.82) is 0 Å². The van der Waals surface area contributed by atoms with Crippen molar-refractivity contribution in [3.05, 3.63) is 16.1 Å². The first-order chi connectivity index (χ1) is 8.85. The number of rotatable bonds is 4. The molecule has 1 saturated carbocycles. The van der Waals surface area contributed by atoms with Gasteiger partial charge in [-0.05, 0) is 34.1 Å². The summed E-state index contributed by atoms with van der Waals surface area (Å²) in [5, 5.41) is 6.29. The molecule has 1 aromatic rings. The number of thiazole rings is 1. The molecule has 6 heteroatoms. The minimum Gasteiger partial charge on any atom is -0.444 e. The van der Waals surface area contributed by atoms with Gasteiger partial charge in [-0.2, -0.15) is 0 Å². The van der Waals surface area contributed by atoms with Gasteiger partial charge in [0.25, 0.3) is 0 Å². The van der Waals surface area contributed by atoms with E-state index >= 15 is 0 Å². The highest BCUT2D eigenvalue weighted by Gasteiger charge is 2.38. The molecule has 2 atom stereocenters. The molecule has 19 heavy (non-hydrogen) atoms. The molecule has 5 nitrogen and oxygen atoms in total. The molecule has 0 bridgehead atoms. The van der Waals surface area contributed by atoms with Crippen molar-refractivity contribution in [2.45, 2.75) is 58.3 Å². The van der Waals surface area contributed by atoms with Gasteiger partial charge in [-0.25, -0.2) is 9.78 Å². The van der Waals surface area contributed by atoms with Gasteiger partial charge in [0.15, 0.2) is 0 Å². The monoisotopic (exact) mass is 283 g/mol. The molecule has 106 valence electrons. The average Bonchev–Trinajstić information content (AvgIpc) is 2.85. The van der Waals surface area contributed by atoms with Crippen LogP contribution in [0.5, 0.6) is 0 Å². The molecule has 0 aliphatic heterocycles. The Morgan fingerprint density at radius 2 is 2.26 bits per heavy atom. The van der Waals surface area contributed by atoms with Gasteiger partial charge in [0.2, 0.25) is 0 Å². The summed E-state index contributed by atoms with van der Waals surface area (Å²) in [4.78, 5) is 17.0. The standard InChI is InChI=1S/C13H21N3O2S/c1-8-11(19-7-15-8)6-14-9-5-10(9)16-12(17)18-13(2,3)4/h7,9-10,14H,5-6H2,1-4H3,(H,16,17). The van der Waals surface area contributed by atoms with E-state index in [1.54, 1.807) is 11.3 Å². The molecule has 1 fully saturated rings. The van der Waals surface area contributed by atoms with E-state index in [1.807, 2.05) is 33.2 Å². The number of amides is 1. The molecule has 2 unspecified atom stereocenters. The molecule has 2 rings (SSSR count). The molecule has 1 amide bonds. The lowest BCUT2D eigenvalue weighted by molar-refractivity contribution is 0.0522. The van der Waals surface area contributed by atoms with Crippen LogP contribution < -0.4 is 10.6 Å². The van der Waals surface area contributed by atoms with Gasteiger partial charge < -0.3 is 15.4 Å². The molecule has 0 aromatic carbocycles. The maximum absolute atomic E-state index is 11.6. The minimum atomic E-state index is -0.443. The zero-order chi connectivity index (χ0) is 14.0. The number of hydrogen-bond donors (Lipinski definition) is 2. The highest BCUT2D eigenvalue weighted by molar-refractivity contribution is 7.09. The van der Waals surface area contributed by atoms with Gasteiger partial charge in [0, 0.05) is 23.5 Å². The highest BCUT2D eigenvalue weighted by Crippen LogP contribution is 2.23. The number of nitrogens with zero attached hydrogens (tertiary/aromatic N) is 1. The molecule has 0 saturated heterocycles. The van der Waals surface area contributed by atoms with Gasteiger partial charge in [-0.3, -0.25) is 0 Å². The summed E-state index contributed by atoms with van der Waals surface area (Å²) in [6, 6.07) is 0.525. The van der Waals surface area contributed by atoms with E-state index < -0.39 is 5.60 Å². The molecular formula is C13H21N3O2S. The van der Waals surface area contributed by atoms with Crippen LogP contribution in [0, 0.1) is 6.92 Å². The zero-order valence-electron chi connectivity index (χ0n) is 11.8. The van der Waals surface area contributed by atoms with Crippen LogP contribution in [0.15, 0.2) is 5.51 Å². The molecular weight excluding hydrogens is 262 g/mol. The number of carbonyl (C=O) groups excluding carboxylic acids is 1. The number of hydrogen-bond acceptors (Lipinski definition) is 5. The summed E-state index contributed by atoms with van der Waals surface area (Å²) in [7, 11) is 0. The summed E-state index contributed by atoms with van der Waals surface area (Å²) in [6.45, 7) is 8.41. The first-order valence-corrected chi connectivity index (χ1v) is 7.35. The summed E-state index contributed by atoms with van der Waals surface area (Å²) in [5.41, 5.74) is 2.49. The number of carbonyl (C=O) groups is 1. The zero-order valence-corrected chi connectivity index (χ0v) is 12.6. The lowest BCUT2D eigenvalue weighted by Crippen LogP contribution is -2.36. The van der Waals surface area contributed by atoms with Crippen LogP contribution in [0.25, 0.3) is 0 Å². The third kappa shape index (κ3) is 4.47. The lowest BCUT2D eigenvalue weighted by atomic mass is 10.2. The largest absolute Gasteiger partial charge is 0.444 e. The van der Waals surface area contributed by atoms with Crippen molar-refractivity contribution in [2.75, 3.05) is 0 Å². The Morgan fingerprint density at radius 1 is 1.53 bits per heavy atom. The van der Waals surface area contributed by atoms with E-state index in [4.69, 9.17) is 4.74 Å². The topological polar surface area (TPSA) is 63.2 Å². The van der Waals surface area contributed by atoms with Crippen molar-refractivity contribution in [2.24, 2.45) is 0 Å². The first kappa shape index (κ1) is 14.3. The fourth-order valence-corrected chi connectivity index (χ4v) is 2.49. The normalized spacial score (nSPS) is 22.1. The third-order valence-corrected chi connectivity index (χ3v) is 3.80. The molecule has 1 aliphatic carbocycles. The summed E-state index contributed by atoms with van der Waals surface area (Å²) in [6.07, 6.45) is 0.618. The van der Waals surface area contributed by atoms with E-state index in [0.717, 1.165) is 18.7 Å². The second kappa shape index (κ2) is 5.46. The second-order valence-electron chi connectivity index (χ2n) is 5.84. The number of aryl methyl sites for hydroxylation is 1. The van der Waals surface area contributed by atoms with Crippen molar-refractivity contribution >= 4 is 17.4 Å². The SMILES string of the molecule is Cc1ncsc1CNC1CC1NC(=O)OC(C)(C)C. The van der Waals surface area contributed by atoms with Crippen LogP contribution in [-0.4, -0.2) is 28.8 Å². The first-order valence-electron chi connectivity index (χ1n) is 6.47.